The molecule has 0 aromatic heterocycles. The third-order valence-corrected chi connectivity index (χ3v) is 11.9. The number of hydrogen-bond donors (Lipinski definition) is 2. The second-order valence-electron chi connectivity index (χ2n) is 13.2. The number of ether oxygens (including phenoxy) is 5. The number of rotatable bonds is 6. The minimum Gasteiger partial charge on any atom is -0.504 e. The van der Waals surface area contributed by atoms with Crippen molar-refractivity contribution in [1.82, 2.24) is 15.1 Å². The number of nitrogens with one attached hydrogen (secondary N) is 1. The zero-order valence-corrected chi connectivity index (χ0v) is 29.4. The molecule has 7 atom stereocenters. The molecule has 50 heavy (non-hydrogen) atoms. The molecule has 0 saturated carbocycles. The van der Waals surface area contributed by atoms with E-state index in [9.17, 15) is 24.8 Å². The highest BCUT2D eigenvalue weighted by molar-refractivity contribution is 7.99. The summed E-state index contributed by atoms with van der Waals surface area (Å²) in [4.78, 5) is 43.3. The number of carbonyl (C=O) groups is 3. The van der Waals surface area contributed by atoms with Crippen LogP contribution < -0.4 is 24.3 Å². The normalized spacial score (nSPS) is 27.9. The van der Waals surface area contributed by atoms with Crippen LogP contribution >= 0.6 is 11.8 Å². The fraction of sp³-hybridized carbons (Fsp3) is 0.500. The van der Waals surface area contributed by atoms with Gasteiger partial charge in [-0.1, -0.05) is 19.1 Å². The SMILES string of the molecule is C=CCN1C2c3c(cc(C)c(OC)c3O)CC1[C@H](C#N)N1[C@H]2[C@@H]2SCC(NC(=O)CC)C(=O)OC[C@H]1c1c3c(c(C)c(OC(C)=O)c12)OCO3. The third-order valence-electron chi connectivity index (χ3n) is 10.5. The molecule has 1 amide bonds. The van der Waals surface area contributed by atoms with Gasteiger partial charge in [0.1, 0.15) is 24.4 Å². The first-order valence-electron chi connectivity index (χ1n) is 16.7. The molecule has 5 heterocycles. The lowest BCUT2D eigenvalue weighted by atomic mass is 9.71. The Morgan fingerprint density at radius 3 is 2.64 bits per heavy atom. The van der Waals surface area contributed by atoms with Crippen molar-refractivity contribution < 1.29 is 43.2 Å². The monoisotopic (exact) mass is 704 g/mol. The summed E-state index contributed by atoms with van der Waals surface area (Å²) in [6, 6.07) is 0.821. The maximum atomic E-state index is 13.6. The van der Waals surface area contributed by atoms with Gasteiger partial charge in [0.05, 0.1) is 30.5 Å². The fourth-order valence-corrected chi connectivity index (χ4v) is 10.1. The van der Waals surface area contributed by atoms with Crippen LogP contribution in [0.25, 0.3) is 0 Å². The van der Waals surface area contributed by atoms with Crippen LogP contribution in [0.5, 0.6) is 28.7 Å². The lowest BCUT2D eigenvalue weighted by molar-refractivity contribution is -0.153. The van der Waals surface area contributed by atoms with Gasteiger partial charge in [0, 0.05) is 60.0 Å². The molecule has 4 bridgehead atoms. The number of phenolic OH excluding ortho intramolecular Hbond substituents is 1. The number of esters is 2. The Balaban J connectivity index is 1.55. The van der Waals surface area contributed by atoms with Crippen LogP contribution in [0.2, 0.25) is 0 Å². The molecule has 7 rings (SSSR count). The van der Waals surface area contributed by atoms with Crippen LogP contribution in [0, 0.1) is 25.2 Å². The number of thioether (sulfide) groups is 1. The highest BCUT2D eigenvalue weighted by Crippen LogP contribution is 2.64. The Hall–Kier alpha value is -4.45. The molecule has 5 aliphatic heterocycles. The smallest absolute Gasteiger partial charge is 0.329 e. The van der Waals surface area contributed by atoms with Crippen LogP contribution in [0.3, 0.4) is 0 Å². The summed E-state index contributed by atoms with van der Waals surface area (Å²) in [6.45, 7) is 10.9. The number of methoxy groups -OCH3 is 1. The summed E-state index contributed by atoms with van der Waals surface area (Å²) in [7, 11) is 1.52. The number of nitrogens with zero attached hydrogens (tertiary/aromatic N) is 3. The molecular weight excluding hydrogens is 664 g/mol. The number of aryl methyl sites for hydroxylation is 1. The quantitative estimate of drug-likeness (QED) is 0.255. The molecule has 2 aromatic rings. The Morgan fingerprint density at radius 1 is 1.20 bits per heavy atom. The standard InChI is InChI=1S/C36H40N4O9S/c1-7-9-39-21-11-19-10-16(3)31(45-6)30(43)25(19)28(39)29-35-27-26(34-33(47-15-48-34)17(4)32(27)49-18(5)41)23(40(29)22(21)12-37)13-46-36(44)20(14-50-35)38-24(42)8-2/h7,10,20-23,28-29,35,43H,1,8-9,11,13-15H2,2-6H3,(H,38,42)/t20?,21?,22-,23-,28?,29+,35+/m0/s1. The van der Waals surface area contributed by atoms with E-state index in [1.807, 2.05) is 13.0 Å². The molecule has 0 aliphatic carbocycles. The second kappa shape index (κ2) is 13.0. The first kappa shape index (κ1) is 34.0. The van der Waals surface area contributed by atoms with E-state index in [-0.39, 0.29) is 43.3 Å². The molecule has 3 unspecified atom stereocenters. The van der Waals surface area contributed by atoms with Crippen molar-refractivity contribution in [3.8, 4) is 34.8 Å². The summed E-state index contributed by atoms with van der Waals surface area (Å²) in [5, 5.41) is 25.3. The number of piperazine rings is 1. The van der Waals surface area contributed by atoms with E-state index in [1.54, 1.807) is 19.9 Å². The van der Waals surface area contributed by atoms with Crippen molar-refractivity contribution in [3.63, 3.8) is 0 Å². The van der Waals surface area contributed by atoms with E-state index in [2.05, 4.69) is 27.8 Å². The van der Waals surface area contributed by atoms with Crippen LogP contribution in [0.1, 0.15) is 71.0 Å². The predicted octanol–water partition coefficient (Wildman–Crippen LogP) is 3.68. The Labute approximate surface area is 294 Å². The largest absolute Gasteiger partial charge is 0.504 e. The number of hydrogen-bond acceptors (Lipinski definition) is 13. The molecule has 5 aliphatic rings. The third kappa shape index (κ3) is 5.08. The Bertz CT molecular complexity index is 1840. The average molecular weight is 705 g/mol. The lowest BCUT2D eigenvalue weighted by Gasteiger charge is -2.62. The van der Waals surface area contributed by atoms with E-state index in [0.717, 1.165) is 11.1 Å². The molecule has 0 spiro atoms. The molecular formula is C36H40N4O9S. The number of phenols is 1. The molecule has 2 saturated heterocycles. The topological polar surface area (TPSA) is 160 Å². The number of amides is 1. The van der Waals surface area contributed by atoms with Crippen molar-refractivity contribution in [2.45, 2.75) is 82.0 Å². The van der Waals surface area contributed by atoms with Gasteiger partial charge < -0.3 is 34.1 Å². The van der Waals surface area contributed by atoms with Gasteiger partial charge in [0.15, 0.2) is 23.0 Å². The van der Waals surface area contributed by atoms with Gasteiger partial charge in [-0.25, -0.2) is 4.79 Å². The van der Waals surface area contributed by atoms with Crippen molar-refractivity contribution in [1.29, 1.82) is 5.26 Å². The van der Waals surface area contributed by atoms with Crippen molar-refractivity contribution in [3.05, 3.63) is 52.1 Å². The number of benzene rings is 2. The molecule has 2 N–H and O–H groups in total. The lowest BCUT2D eigenvalue weighted by Crippen LogP contribution is -2.70. The molecule has 13 nitrogen and oxygen atoms in total. The number of aromatic hydroxyl groups is 1. The first-order valence-corrected chi connectivity index (χ1v) is 17.8. The fourth-order valence-electron chi connectivity index (χ4n) is 8.61. The van der Waals surface area contributed by atoms with Crippen molar-refractivity contribution >= 4 is 29.6 Å². The van der Waals surface area contributed by atoms with E-state index >= 15 is 0 Å². The van der Waals surface area contributed by atoms with Gasteiger partial charge in [0.25, 0.3) is 0 Å². The molecule has 2 aromatic carbocycles. The summed E-state index contributed by atoms with van der Waals surface area (Å²) in [5.41, 5.74) is 4.23. The van der Waals surface area contributed by atoms with E-state index < -0.39 is 47.4 Å². The van der Waals surface area contributed by atoms with Crippen LogP contribution in [-0.4, -0.2) is 89.7 Å². The van der Waals surface area contributed by atoms with Crippen molar-refractivity contribution in [2.75, 3.05) is 32.8 Å². The van der Waals surface area contributed by atoms with Crippen LogP contribution in [-0.2, 0) is 25.5 Å². The number of nitriles is 1. The highest BCUT2D eigenvalue weighted by Gasteiger charge is 2.61. The van der Waals surface area contributed by atoms with Gasteiger partial charge in [0.2, 0.25) is 12.7 Å². The number of carbonyl (C=O) groups excluding carboxylic acids is 3. The summed E-state index contributed by atoms with van der Waals surface area (Å²) >= 11 is 1.40. The Kier molecular flexibility index (Phi) is 8.86. The number of cyclic esters (lactones) is 1. The van der Waals surface area contributed by atoms with Gasteiger partial charge in [-0.15, -0.1) is 18.3 Å². The molecule has 14 heteroatoms. The minimum atomic E-state index is -0.960. The number of fused-ring (bicyclic) bond motifs is 9. The predicted molar refractivity (Wildman–Crippen MR) is 181 cm³/mol. The maximum Gasteiger partial charge on any atom is 0.329 e. The Morgan fingerprint density at radius 2 is 1.96 bits per heavy atom. The molecule has 0 radical (unpaired) electrons. The summed E-state index contributed by atoms with van der Waals surface area (Å²) in [6.07, 6.45) is 2.44. The van der Waals surface area contributed by atoms with Gasteiger partial charge in [-0.05, 0) is 31.4 Å². The van der Waals surface area contributed by atoms with Gasteiger partial charge in [-0.2, -0.15) is 5.26 Å². The first-order chi connectivity index (χ1) is 24.1. The maximum absolute atomic E-state index is 13.6. The molecule has 264 valence electrons. The van der Waals surface area contributed by atoms with E-state index in [0.29, 0.717) is 58.2 Å². The highest BCUT2D eigenvalue weighted by atomic mass is 32.2. The van der Waals surface area contributed by atoms with E-state index in [1.165, 1.54) is 25.8 Å². The summed E-state index contributed by atoms with van der Waals surface area (Å²) in [5.74, 6) is 0.266. The van der Waals surface area contributed by atoms with Crippen LogP contribution in [0.15, 0.2) is 18.7 Å². The average Bonchev–Trinajstić information content (AvgIpc) is 3.58. The van der Waals surface area contributed by atoms with Gasteiger partial charge in [-0.3, -0.25) is 19.4 Å². The van der Waals surface area contributed by atoms with Gasteiger partial charge >= 0.3 is 11.9 Å². The molecule has 2 fully saturated rings. The zero-order chi connectivity index (χ0) is 35.6. The minimum absolute atomic E-state index is 0.0233. The zero-order valence-electron chi connectivity index (χ0n) is 28.6. The van der Waals surface area contributed by atoms with E-state index in [4.69, 9.17) is 23.7 Å². The summed E-state index contributed by atoms with van der Waals surface area (Å²) < 4.78 is 29.8. The second-order valence-corrected chi connectivity index (χ2v) is 14.3. The van der Waals surface area contributed by atoms with Crippen molar-refractivity contribution in [2.24, 2.45) is 0 Å². The van der Waals surface area contributed by atoms with Crippen LogP contribution in [0.4, 0.5) is 0 Å².